The van der Waals surface area contributed by atoms with Gasteiger partial charge in [0.05, 0.1) is 11.9 Å². The molecule has 0 saturated carbocycles. The molecular formula is C29H33BrFN3O4S. The Balaban J connectivity index is 2.08. The number of anilines is 1. The molecule has 3 rings (SSSR count). The van der Waals surface area contributed by atoms with Crippen molar-refractivity contribution in [1.29, 1.82) is 0 Å². The van der Waals surface area contributed by atoms with Crippen molar-refractivity contribution in [3.63, 3.8) is 0 Å². The number of carbonyl (C=O) groups is 2. The molecule has 1 atom stereocenters. The molecule has 39 heavy (non-hydrogen) atoms. The molecule has 2 amide bonds. The van der Waals surface area contributed by atoms with Crippen molar-refractivity contribution >= 4 is 43.5 Å². The molecule has 1 N–H and O–H groups in total. The zero-order chi connectivity index (χ0) is 28.8. The maximum absolute atomic E-state index is 14.0. The number of benzene rings is 3. The van der Waals surface area contributed by atoms with E-state index < -0.39 is 39.9 Å². The number of sulfonamides is 1. The summed E-state index contributed by atoms with van der Waals surface area (Å²) in [6.07, 6.45) is 1.17. The third kappa shape index (κ3) is 9.18. The van der Waals surface area contributed by atoms with Crippen LogP contribution in [-0.4, -0.2) is 49.5 Å². The van der Waals surface area contributed by atoms with Crippen molar-refractivity contribution in [2.45, 2.75) is 45.3 Å². The van der Waals surface area contributed by atoms with Crippen molar-refractivity contribution in [2.75, 3.05) is 17.1 Å². The fraction of sp³-hybridized carbons (Fsp3) is 0.310. The van der Waals surface area contributed by atoms with Crippen molar-refractivity contribution in [3.05, 3.63) is 100 Å². The first-order chi connectivity index (χ1) is 18.2. The number of rotatable bonds is 10. The fourth-order valence-corrected chi connectivity index (χ4v) is 5.37. The summed E-state index contributed by atoms with van der Waals surface area (Å²) in [7, 11) is -3.97. The van der Waals surface area contributed by atoms with E-state index in [2.05, 4.69) is 21.2 Å². The van der Waals surface area contributed by atoms with Crippen LogP contribution in [-0.2, 0) is 32.6 Å². The SMILES string of the molecule is CC(C)(C)NC(=O)[C@H](Cc1ccccc1)N(Cc1cccc(Br)c1)C(=O)CN(c1cccc(F)c1)S(C)(=O)=O. The fourth-order valence-electron chi connectivity index (χ4n) is 4.08. The van der Waals surface area contributed by atoms with E-state index in [-0.39, 0.29) is 24.6 Å². The molecule has 208 valence electrons. The van der Waals surface area contributed by atoms with Gasteiger partial charge in [-0.05, 0) is 62.2 Å². The molecule has 7 nitrogen and oxygen atoms in total. The van der Waals surface area contributed by atoms with Crippen LogP contribution in [0.25, 0.3) is 0 Å². The van der Waals surface area contributed by atoms with E-state index in [9.17, 15) is 22.4 Å². The number of nitrogens with one attached hydrogen (secondary N) is 1. The first-order valence-electron chi connectivity index (χ1n) is 12.4. The number of nitrogens with zero attached hydrogens (tertiary/aromatic N) is 2. The topological polar surface area (TPSA) is 86.8 Å². The molecule has 0 spiro atoms. The Labute approximate surface area is 238 Å². The largest absolute Gasteiger partial charge is 0.350 e. The molecule has 0 saturated heterocycles. The van der Waals surface area contributed by atoms with Gasteiger partial charge in [0.15, 0.2) is 0 Å². The minimum atomic E-state index is -3.97. The number of carbonyl (C=O) groups excluding carboxylic acids is 2. The summed E-state index contributed by atoms with van der Waals surface area (Å²) in [5, 5.41) is 2.97. The monoisotopic (exact) mass is 617 g/mol. The Kier molecular flexibility index (Phi) is 9.90. The Morgan fingerprint density at radius 3 is 2.18 bits per heavy atom. The van der Waals surface area contributed by atoms with Gasteiger partial charge in [0.25, 0.3) is 0 Å². The number of amides is 2. The van der Waals surface area contributed by atoms with E-state index in [1.165, 1.54) is 23.1 Å². The minimum absolute atomic E-state index is 0.0204. The van der Waals surface area contributed by atoms with Crippen LogP contribution >= 0.6 is 15.9 Å². The molecule has 0 aromatic heterocycles. The summed E-state index contributed by atoms with van der Waals surface area (Å²) in [5.41, 5.74) is 1.03. The highest BCUT2D eigenvalue weighted by Gasteiger charge is 2.34. The highest BCUT2D eigenvalue weighted by molar-refractivity contribution is 9.10. The first-order valence-corrected chi connectivity index (χ1v) is 15.0. The zero-order valence-electron chi connectivity index (χ0n) is 22.4. The van der Waals surface area contributed by atoms with Crippen molar-refractivity contribution in [3.8, 4) is 0 Å². The first kappa shape index (κ1) is 30.3. The van der Waals surface area contributed by atoms with Crippen molar-refractivity contribution < 1.29 is 22.4 Å². The highest BCUT2D eigenvalue weighted by atomic mass is 79.9. The summed E-state index contributed by atoms with van der Waals surface area (Å²) in [6.45, 7) is 4.99. The van der Waals surface area contributed by atoms with Crippen LogP contribution in [0.15, 0.2) is 83.3 Å². The van der Waals surface area contributed by atoms with E-state index in [0.29, 0.717) is 0 Å². The second kappa shape index (κ2) is 12.7. The van der Waals surface area contributed by atoms with Crippen LogP contribution in [0.1, 0.15) is 31.9 Å². The molecule has 0 bridgehead atoms. The summed E-state index contributed by atoms with van der Waals surface area (Å²) in [4.78, 5) is 29.0. The van der Waals surface area contributed by atoms with Gasteiger partial charge in [0.2, 0.25) is 21.8 Å². The van der Waals surface area contributed by atoms with Gasteiger partial charge < -0.3 is 10.2 Å². The normalized spacial score (nSPS) is 12.5. The molecule has 0 aliphatic carbocycles. The van der Waals surface area contributed by atoms with Crippen LogP contribution < -0.4 is 9.62 Å². The summed E-state index contributed by atoms with van der Waals surface area (Å²) < 4.78 is 41.1. The molecule has 0 radical (unpaired) electrons. The third-order valence-corrected chi connectivity index (χ3v) is 7.42. The number of hydrogen-bond acceptors (Lipinski definition) is 4. The molecule has 0 unspecified atom stereocenters. The second-order valence-corrected chi connectivity index (χ2v) is 13.2. The Morgan fingerprint density at radius 1 is 0.949 bits per heavy atom. The predicted molar refractivity (Wildman–Crippen MR) is 155 cm³/mol. The minimum Gasteiger partial charge on any atom is -0.350 e. The van der Waals surface area contributed by atoms with E-state index in [1.807, 2.05) is 75.4 Å². The van der Waals surface area contributed by atoms with Gasteiger partial charge in [0.1, 0.15) is 18.4 Å². The lowest BCUT2D eigenvalue weighted by molar-refractivity contribution is -0.140. The molecule has 0 fully saturated rings. The molecule has 0 aliphatic rings. The van der Waals surface area contributed by atoms with E-state index in [0.717, 1.165) is 32.2 Å². The van der Waals surface area contributed by atoms with Crippen LogP contribution in [0.2, 0.25) is 0 Å². The molecule has 3 aromatic rings. The maximum atomic E-state index is 14.0. The lowest BCUT2D eigenvalue weighted by atomic mass is 10.0. The van der Waals surface area contributed by atoms with Gasteiger partial charge >= 0.3 is 0 Å². The molecule has 0 heterocycles. The number of halogens is 2. The summed E-state index contributed by atoms with van der Waals surface area (Å²) in [5.74, 6) is -1.60. The summed E-state index contributed by atoms with van der Waals surface area (Å²) in [6, 6.07) is 20.7. The Bertz CT molecular complexity index is 1410. The van der Waals surface area contributed by atoms with Gasteiger partial charge in [0, 0.05) is 23.0 Å². The molecular weight excluding hydrogens is 585 g/mol. The van der Waals surface area contributed by atoms with Gasteiger partial charge in [-0.15, -0.1) is 0 Å². The third-order valence-electron chi connectivity index (χ3n) is 5.79. The lowest BCUT2D eigenvalue weighted by Gasteiger charge is -2.35. The lowest BCUT2D eigenvalue weighted by Crippen LogP contribution is -2.56. The average Bonchev–Trinajstić information content (AvgIpc) is 2.83. The van der Waals surface area contributed by atoms with Crippen LogP contribution in [0, 0.1) is 5.82 Å². The van der Waals surface area contributed by atoms with E-state index >= 15 is 0 Å². The quantitative estimate of drug-likeness (QED) is 0.350. The standard InChI is InChI=1S/C29H33BrFN3O4S/c1-29(2,3)32-28(36)26(17-21-10-6-5-7-11-21)33(19-22-12-8-13-23(30)16-22)27(35)20-34(39(4,37)38)25-15-9-14-24(31)18-25/h5-16,18,26H,17,19-20H2,1-4H3,(H,32,36)/t26-/m0/s1. The zero-order valence-corrected chi connectivity index (χ0v) is 24.8. The highest BCUT2D eigenvalue weighted by Crippen LogP contribution is 2.22. The van der Waals surface area contributed by atoms with Crippen LogP contribution in [0.4, 0.5) is 10.1 Å². The van der Waals surface area contributed by atoms with Crippen LogP contribution in [0.5, 0.6) is 0 Å². The van der Waals surface area contributed by atoms with E-state index in [1.54, 1.807) is 0 Å². The molecule has 10 heteroatoms. The molecule has 0 aliphatic heterocycles. The van der Waals surface area contributed by atoms with Crippen LogP contribution in [0.3, 0.4) is 0 Å². The van der Waals surface area contributed by atoms with Crippen molar-refractivity contribution in [1.82, 2.24) is 10.2 Å². The van der Waals surface area contributed by atoms with Gasteiger partial charge in [-0.25, -0.2) is 12.8 Å². The van der Waals surface area contributed by atoms with Gasteiger partial charge in [-0.2, -0.15) is 0 Å². The maximum Gasteiger partial charge on any atom is 0.244 e. The Morgan fingerprint density at radius 2 is 1.59 bits per heavy atom. The smallest absolute Gasteiger partial charge is 0.244 e. The number of hydrogen-bond donors (Lipinski definition) is 1. The van der Waals surface area contributed by atoms with Crippen molar-refractivity contribution in [2.24, 2.45) is 0 Å². The van der Waals surface area contributed by atoms with Gasteiger partial charge in [-0.3, -0.25) is 13.9 Å². The van der Waals surface area contributed by atoms with Gasteiger partial charge in [-0.1, -0.05) is 64.5 Å². The molecule has 3 aromatic carbocycles. The average molecular weight is 619 g/mol. The van der Waals surface area contributed by atoms with E-state index in [4.69, 9.17) is 0 Å². The Hall–Kier alpha value is -3.24. The second-order valence-electron chi connectivity index (χ2n) is 10.3. The predicted octanol–water partition coefficient (Wildman–Crippen LogP) is 4.91. The summed E-state index contributed by atoms with van der Waals surface area (Å²) >= 11 is 3.45.